The van der Waals surface area contributed by atoms with E-state index in [2.05, 4.69) is 5.43 Å². The minimum absolute atomic E-state index is 0.0629. The van der Waals surface area contributed by atoms with Gasteiger partial charge in [0.25, 0.3) is 0 Å². The first kappa shape index (κ1) is 12.8. The van der Waals surface area contributed by atoms with E-state index in [-0.39, 0.29) is 16.9 Å². The van der Waals surface area contributed by atoms with E-state index in [0.717, 1.165) is 5.75 Å². The van der Waals surface area contributed by atoms with Gasteiger partial charge in [0.1, 0.15) is 5.82 Å². The smallest absolute Gasteiger partial charge is 0.145 e. The molecule has 1 unspecified atom stereocenters. The fraction of sp³-hybridized carbons (Fsp3) is 0.400. The fourth-order valence-corrected chi connectivity index (χ4v) is 2.15. The van der Waals surface area contributed by atoms with Crippen molar-refractivity contribution in [2.24, 2.45) is 5.84 Å². The van der Waals surface area contributed by atoms with Crippen molar-refractivity contribution in [2.75, 3.05) is 12.0 Å². The molecular formula is C10H14ClFN2S. The molecule has 84 valence electrons. The molecule has 15 heavy (non-hydrogen) atoms. The van der Waals surface area contributed by atoms with Crippen LogP contribution in [0.2, 0.25) is 5.02 Å². The highest BCUT2D eigenvalue weighted by atomic mass is 35.5. The molecule has 0 saturated carbocycles. The molecule has 0 fully saturated rings. The van der Waals surface area contributed by atoms with Gasteiger partial charge in [0, 0.05) is 11.8 Å². The zero-order valence-electron chi connectivity index (χ0n) is 8.47. The Morgan fingerprint density at radius 3 is 2.93 bits per heavy atom. The van der Waals surface area contributed by atoms with Crippen LogP contribution in [0.5, 0.6) is 0 Å². The van der Waals surface area contributed by atoms with Gasteiger partial charge in [-0.25, -0.2) is 4.39 Å². The van der Waals surface area contributed by atoms with E-state index in [1.807, 2.05) is 6.26 Å². The number of thioether (sulfide) groups is 1. The summed E-state index contributed by atoms with van der Waals surface area (Å²) in [5.74, 6) is 5.87. The third-order valence-corrected chi connectivity index (χ3v) is 3.13. The second-order valence-electron chi connectivity index (χ2n) is 3.24. The van der Waals surface area contributed by atoms with Gasteiger partial charge in [-0.2, -0.15) is 11.8 Å². The Morgan fingerprint density at radius 1 is 1.60 bits per heavy atom. The van der Waals surface area contributed by atoms with Crippen LogP contribution in [0, 0.1) is 5.82 Å². The van der Waals surface area contributed by atoms with Gasteiger partial charge in [-0.05, 0) is 24.3 Å². The van der Waals surface area contributed by atoms with Crippen LogP contribution < -0.4 is 11.3 Å². The van der Waals surface area contributed by atoms with Crippen LogP contribution in [0.25, 0.3) is 0 Å². The predicted molar refractivity (Wildman–Crippen MR) is 64.6 cm³/mol. The van der Waals surface area contributed by atoms with Crippen LogP contribution >= 0.6 is 23.4 Å². The minimum Gasteiger partial charge on any atom is -0.271 e. The molecule has 0 aliphatic rings. The van der Waals surface area contributed by atoms with Crippen molar-refractivity contribution in [3.63, 3.8) is 0 Å². The Hall–Kier alpha value is -0.290. The summed E-state index contributed by atoms with van der Waals surface area (Å²) in [5.41, 5.74) is 3.26. The van der Waals surface area contributed by atoms with Gasteiger partial charge < -0.3 is 0 Å². The Labute approximate surface area is 98.3 Å². The van der Waals surface area contributed by atoms with E-state index in [9.17, 15) is 4.39 Å². The average Bonchev–Trinajstić information content (AvgIpc) is 2.24. The van der Waals surface area contributed by atoms with E-state index >= 15 is 0 Å². The lowest BCUT2D eigenvalue weighted by molar-refractivity contribution is 0.547. The minimum atomic E-state index is -0.347. The molecule has 1 aromatic carbocycles. The van der Waals surface area contributed by atoms with Gasteiger partial charge in [-0.15, -0.1) is 0 Å². The average molecular weight is 249 g/mol. The van der Waals surface area contributed by atoms with Crippen molar-refractivity contribution in [1.82, 2.24) is 5.43 Å². The lowest BCUT2D eigenvalue weighted by Gasteiger charge is -2.15. The van der Waals surface area contributed by atoms with Gasteiger partial charge >= 0.3 is 0 Å². The van der Waals surface area contributed by atoms with Crippen molar-refractivity contribution in [2.45, 2.75) is 12.5 Å². The molecule has 0 radical (unpaired) electrons. The summed E-state index contributed by atoms with van der Waals surface area (Å²) in [7, 11) is 0. The molecule has 1 aromatic rings. The summed E-state index contributed by atoms with van der Waals surface area (Å²) in [5, 5.41) is 0.160. The van der Waals surface area contributed by atoms with Gasteiger partial charge in [-0.1, -0.05) is 23.7 Å². The molecule has 1 rings (SSSR count). The van der Waals surface area contributed by atoms with Crippen LogP contribution in [0.3, 0.4) is 0 Å². The maximum Gasteiger partial charge on any atom is 0.145 e. The molecule has 0 spiro atoms. The highest BCUT2D eigenvalue weighted by Gasteiger charge is 2.12. The van der Waals surface area contributed by atoms with Gasteiger partial charge in [-0.3, -0.25) is 11.3 Å². The van der Waals surface area contributed by atoms with Crippen LogP contribution in [0.15, 0.2) is 18.2 Å². The predicted octanol–water partition coefficient (Wildman–Crippen LogP) is 2.22. The number of hydrazine groups is 1. The van der Waals surface area contributed by atoms with E-state index in [1.165, 1.54) is 0 Å². The Bertz CT molecular complexity index is 322. The Balaban J connectivity index is 2.74. The number of hydrogen-bond acceptors (Lipinski definition) is 3. The molecule has 2 nitrogen and oxygen atoms in total. The number of halogens is 2. The molecular weight excluding hydrogens is 235 g/mol. The van der Waals surface area contributed by atoms with Crippen LogP contribution in [0.4, 0.5) is 4.39 Å². The van der Waals surface area contributed by atoms with Crippen LogP contribution in [-0.2, 0) is 6.42 Å². The topological polar surface area (TPSA) is 38.0 Å². The molecule has 0 aliphatic heterocycles. The third kappa shape index (κ3) is 3.65. The highest BCUT2D eigenvalue weighted by molar-refractivity contribution is 7.98. The van der Waals surface area contributed by atoms with E-state index in [4.69, 9.17) is 17.4 Å². The molecule has 0 bridgehead atoms. The van der Waals surface area contributed by atoms with Gasteiger partial charge in [0.2, 0.25) is 0 Å². The van der Waals surface area contributed by atoms with Crippen molar-refractivity contribution in [3.05, 3.63) is 34.6 Å². The molecule has 3 N–H and O–H groups in total. The zero-order chi connectivity index (χ0) is 11.3. The zero-order valence-corrected chi connectivity index (χ0v) is 10.0. The van der Waals surface area contributed by atoms with Crippen molar-refractivity contribution >= 4 is 23.4 Å². The second-order valence-corrected chi connectivity index (χ2v) is 4.55. The summed E-state index contributed by atoms with van der Waals surface area (Å²) in [6.07, 6.45) is 2.53. The van der Waals surface area contributed by atoms with E-state index in [0.29, 0.717) is 12.0 Å². The monoisotopic (exact) mass is 248 g/mol. The second kappa shape index (κ2) is 6.33. The molecule has 0 aliphatic carbocycles. The van der Waals surface area contributed by atoms with E-state index in [1.54, 1.807) is 30.0 Å². The van der Waals surface area contributed by atoms with Crippen molar-refractivity contribution < 1.29 is 4.39 Å². The molecule has 0 amide bonds. The third-order valence-electron chi connectivity index (χ3n) is 2.10. The standard InChI is InChI=1S/C10H14ClFN2S/c1-15-6-8(14-13)5-7-3-2-4-9(11)10(7)12/h2-4,8,14H,5-6,13H2,1H3. The molecule has 5 heteroatoms. The summed E-state index contributed by atoms with van der Waals surface area (Å²) < 4.78 is 13.5. The first-order chi connectivity index (χ1) is 7.19. The normalized spacial score (nSPS) is 12.8. The van der Waals surface area contributed by atoms with Crippen molar-refractivity contribution in [3.8, 4) is 0 Å². The van der Waals surface area contributed by atoms with Crippen molar-refractivity contribution in [1.29, 1.82) is 0 Å². The first-order valence-electron chi connectivity index (χ1n) is 4.57. The molecule has 0 aromatic heterocycles. The number of nitrogens with two attached hydrogens (primary N) is 1. The molecule has 0 heterocycles. The Morgan fingerprint density at radius 2 is 2.33 bits per heavy atom. The lowest BCUT2D eigenvalue weighted by Crippen LogP contribution is -2.38. The molecule has 0 saturated heterocycles. The largest absolute Gasteiger partial charge is 0.271 e. The maximum atomic E-state index is 13.5. The highest BCUT2D eigenvalue weighted by Crippen LogP contribution is 2.19. The number of nitrogens with one attached hydrogen (secondary N) is 1. The number of rotatable bonds is 5. The SMILES string of the molecule is CSCC(Cc1cccc(Cl)c1F)NN. The van der Waals surface area contributed by atoms with Gasteiger partial charge in [0.05, 0.1) is 5.02 Å². The summed E-state index contributed by atoms with van der Waals surface area (Å²) in [6.45, 7) is 0. The number of benzene rings is 1. The first-order valence-corrected chi connectivity index (χ1v) is 6.34. The maximum absolute atomic E-state index is 13.5. The summed E-state index contributed by atoms with van der Waals surface area (Å²) in [4.78, 5) is 0. The van der Waals surface area contributed by atoms with E-state index < -0.39 is 0 Å². The Kier molecular flexibility index (Phi) is 5.39. The summed E-state index contributed by atoms with van der Waals surface area (Å²) >= 11 is 7.35. The number of hydrogen-bond donors (Lipinski definition) is 2. The molecule has 1 atom stereocenters. The van der Waals surface area contributed by atoms with Gasteiger partial charge in [0.15, 0.2) is 0 Å². The van der Waals surface area contributed by atoms with Crippen LogP contribution in [-0.4, -0.2) is 18.1 Å². The summed E-state index contributed by atoms with van der Waals surface area (Å²) in [6, 6.07) is 5.08. The lowest BCUT2D eigenvalue weighted by atomic mass is 10.1. The fourth-order valence-electron chi connectivity index (χ4n) is 1.34. The van der Waals surface area contributed by atoms with Crippen LogP contribution in [0.1, 0.15) is 5.56 Å². The quantitative estimate of drug-likeness (QED) is 0.620.